The minimum Gasteiger partial charge on any atom is -0.497 e. The number of aromatic nitrogens is 3. The van der Waals surface area contributed by atoms with Crippen LogP contribution in [-0.2, 0) is 11.3 Å². The second kappa shape index (κ2) is 7.40. The van der Waals surface area contributed by atoms with E-state index in [0.717, 1.165) is 5.56 Å². The van der Waals surface area contributed by atoms with Crippen molar-refractivity contribution in [2.45, 2.75) is 6.54 Å². The molecule has 7 nitrogen and oxygen atoms in total. The molecular formula is C21H18N4O3. The summed E-state index contributed by atoms with van der Waals surface area (Å²) in [6.45, 7) is -0.0988. The Hall–Kier alpha value is -3.87. The van der Waals surface area contributed by atoms with Gasteiger partial charge in [0, 0.05) is 29.7 Å². The molecule has 0 bridgehead atoms. The Labute approximate surface area is 160 Å². The maximum Gasteiger partial charge on any atom is 0.277 e. The first-order chi connectivity index (χ1) is 13.6. The van der Waals surface area contributed by atoms with E-state index in [0.29, 0.717) is 22.6 Å². The molecule has 0 fully saturated rings. The number of carbonyl (C=O) groups is 1. The average molecular weight is 374 g/mol. The van der Waals surface area contributed by atoms with Crippen LogP contribution in [0.3, 0.4) is 0 Å². The molecule has 2 aromatic carbocycles. The normalized spacial score (nSPS) is 10.8. The lowest BCUT2D eigenvalue weighted by atomic mass is 10.1. The highest BCUT2D eigenvalue weighted by Crippen LogP contribution is 2.18. The van der Waals surface area contributed by atoms with E-state index in [4.69, 9.17) is 4.74 Å². The molecule has 140 valence electrons. The number of fused-ring (bicyclic) bond motifs is 1. The molecule has 1 N–H and O–H groups in total. The zero-order valence-corrected chi connectivity index (χ0v) is 15.2. The van der Waals surface area contributed by atoms with Crippen molar-refractivity contribution in [3.8, 4) is 17.0 Å². The third-order valence-electron chi connectivity index (χ3n) is 4.34. The summed E-state index contributed by atoms with van der Waals surface area (Å²) in [7, 11) is 1.56. The summed E-state index contributed by atoms with van der Waals surface area (Å²) >= 11 is 0. The molecule has 0 saturated heterocycles. The van der Waals surface area contributed by atoms with E-state index in [-0.39, 0.29) is 18.0 Å². The number of benzene rings is 2. The highest BCUT2D eigenvalue weighted by atomic mass is 16.5. The van der Waals surface area contributed by atoms with Crippen LogP contribution >= 0.6 is 0 Å². The molecule has 28 heavy (non-hydrogen) atoms. The largest absolute Gasteiger partial charge is 0.497 e. The monoisotopic (exact) mass is 374 g/mol. The fourth-order valence-electron chi connectivity index (χ4n) is 2.96. The molecule has 2 aromatic heterocycles. The first-order valence-corrected chi connectivity index (χ1v) is 8.72. The molecule has 4 rings (SSSR count). The van der Waals surface area contributed by atoms with Crippen LogP contribution in [0.25, 0.3) is 16.8 Å². The molecule has 0 aliphatic heterocycles. The van der Waals surface area contributed by atoms with E-state index in [9.17, 15) is 9.59 Å². The lowest BCUT2D eigenvalue weighted by Gasteiger charge is -2.08. The first kappa shape index (κ1) is 17.5. The maximum absolute atomic E-state index is 12.8. The number of ether oxygens (including phenoxy) is 1. The third kappa shape index (κ3) is 3.50. The summed E-state index contributed by atoms with van der Waals surface area (Å²) in [4.78, 5) is 25.1. The van der Waals surface area contributed by atoms with Gasteiger partial charge in [-0.05, 0) is 18.2 Å². The van der Waals surface area contributed by atoms with Gasteiger partial charge in [-0.3, -0.25) is 9.59 Å². The average Bonchev–Trinajstić information content (AvgIpc) is 3.16. The number of rotatable bonds is 5. The summed E-state index contributed by atoms with van der Waals surface area (Å²) in [5.74, 6) is 0.339. The molecule has 0 atom stereocenters. The van der Waals surface area contributed by atoms with E-state index >= 15 is 0 Å². The molecule has 0 radical (unpaired) electrons. The van der Waals surface area contributed by atoms with E-state index in [2.05, 4.69) is 10.4 Å². The van der Waals surface area contributed by atoms with Gasteiger partial charge in [0.25, 0.3) is 5.56 Å². The predicted octanol–water partition coefficient (Wildman–Crippen LogP) is 2.81. The second-order valence-corrected chi connectivity index (χ2v) is 6.24. The summed E-state index contributed by atoms with van der Waals surface area (Å²) in [5, 5.41) is 7.21. The van der Waals surface area contributed by atoms with Crippen LogP contribution in [0.2, 0.25) is 0 Å². The van der Waals surface area contributed by atoms with Crippen molar-refractivity contribution in [3.63, 3.8) is 0 Å². The van der Waals surface area contributed by atoms with Crippen LogP contribution < -0.4 is 15.6 Å². The number of carbonyl (C=O) groups excluding carboxylic acids is 1. The standard InChI is InChI=1S/C21H18N4O3/c1-28-17-9-5-8-16(12-17)22-20(26)14-24-10-11-25-19(21(24)27)13-18(23-25)15-6-3-2-4-7-15/h2-13H,14H2,1H3,(H,22,26). The smallest absolute Gasteiger partial charge is 0.277 e. The van der Waals surface area contributed by atoms with Gasteiger partial charge in [0.15, 0.2) is 0 Å². The minimum atomic E-state index is -0.303. The lowest BCUT2D eigenvalue weighted by Crippen LogP contribution is -2.28. The van der Waals surface area contributed by atoms with Crippen LogP contribution in [0.5, 0.6) is 5.75 Å². The van der Waals surface area contributed by atoms with Gasteiger partial charge in [0.1, 0.15) is 17.8 Å². The Balaban J connectivity index is 1.58. The fraction of sp³-hybridized carbons (Fsp3) is 0.0952. The topological polar surface area (TPSA) is 77.6 Å². The van der Waals surface area contributed by atoms with Gasteiger partial charge in [-0.2, -0.15) is 5.10 Å². The van der Waals surface area contributed by atoms with E-state index < -0.39 is 0 Å². The molecule has 0 aliphatic carbocycles. The molecule has 0 unspecified atom stereocenters. The van der Waals surface area contributed by atoms with Crippen molar-refractivity contribution < 1.29 is 9.53 Å². The van der Waals surface area contributed by atoms with Gasteiger partial charge in [0.2, 0.25) is 5.91 Å². The number of nitrogens with zero attached hydrogens (tertiary/aromatic N) is 3. The second-order valence-electron chi connectivity index (χ2n) is 6.24. The van der Waals surface area contributed by atoms with E-state index in [1.165, 1.54) is 9.08 Å². The summed E-state index contributed by atoms with van der Waals surface area (Å²) in [5.41, 5.74) is 2.37. The van der Waals surface area contributed by atoms with Gasteiger partial charge in [0.05, 0.1) is 12.8 Å². The van der Waals surface area contributed by atoms with E-state index in [1.807, 2.05) is 30.3 Å². The number of hydrogen-bond acceptors (Lipinski definition) is 4. The Morgan fingerprint density at radius 1 is 1.07 bits per heavy atom. The molecule has 4 aromatic rings. The highest BCUT2D eigenvalue weighted by molar-refractivity contribution is 5.90. The lowest BCUT2D eigenvalue weighted by molar-refractivity contribution is -0.116. The van der Waals surface area contributed by atoms with Crippen LogP contribution in [0.15, 0.2) is 77.9 Å². The van der Waals surface area contributed by atoms with Crippen molar-refractivity contribution in [1.82, 2.24) is 14.2 Å². The molecule has 0 aliphatic rings. The molecule has 7 heteroatoms. The number of amides is 1. The Kier molecular flexibility index (Phi) is 4.63. The van der Waals surface area contributed by atoms with Crippen LogP contribution in [0, 0.1) is 0 Å². The molecule has 0 spiro atoms. The minimum absolute atomic E-state index is 0.0988. The van der Waals surface area contributed by atoms with Gasteiger partial charge in [-0.15, -0.1) is 0 Å². The molecular weight excluding hydrogens is 356 g/mol. The Bertz CT molecular complexity index is 1200. The molecule has 0 saturated carbocycles. The molecule has 1 amide bonds. The summed E-state index contributed by atoms with van der Waals surface area (Å²) in [6.07, 6.45) is 3.23. The van der Waals surface area contributed by atoms with Crippen molar-refractivity contribution >= 4 is 17.1 Å². The first-order valence-electron chi connectivity index (χ1n) is 8.72. The molecule has 2 heterocycles. The Morgan fingerprint density at radius 3 is 2.68 bits per heavy atom. The van der Waals surface area contributed by atoms with Gasteiger partial charge < -0.3 is 14.6 Å². The van der Waals surface area contributed by atoms with E-state index in [1.54, 1.807) is 49.8 Å². The zero-order chi connectivity index (χ0) is 19.5. The number of anilines is 1. The van der Waals surface area contributed by atoms with Crippen molar-refractivity contribution in [1.29, 1.82) is 0 Å². The maximum atomic E-state index is 12.8. The predicted molar refractivity (Wildman–Crippen MR) is 107 cm³/mol. The van der Waals surface area contributed by atoms with Crippen molar-refractivity contribution in [2.24, 2.45) is 0 Å². The van der Waals surface area contributed by atoms with Crippen LogP contribution in [0.1, 0.15) is 0 Å². The van der Waals surface area contributed by atoms with Crippen molar-refractivity contribution in [3.05, 3.63) is 83.4 Å². The van der Waals surface area contributed by atoms with Gasteiger partial charge in [-0.25, -0.2) is 4.52 Å². The number of nitrogens with one attached hydrogen (secondary N) is 1. The quantitative estimate of drug-likeness (QED) is 0.583. The number of hydrogen-bond donors (Lipinski definition) is 1. The van der Waals surface area contributed by atoms with Gasteiger partial charge in [-0.1, -0.05) is 36.4 Å². The van der Waals surface area contributed by atoms with Gasteiger partial charge >= 0.3 is 0 Å². The fourth-order valence-corrected chi connectivity index (χ4v) is 2.96. The SMILES string of the molecule is COc1cccc(NC(=O)Cn2ccn3nc(-c4ccccc4)cc3c2=O)c1. The highest BCUT2D eigenvalue weighted by Gasteiger charge is 2.11. The number of methoxy groups -OCH3 is 1. The summed E-state index contributed by atoms with van der Waals surface area (Å²) in [6, 6.07) is 18.4. The van der Waals surface area contributed by atoms with Crippen LogP contribution in [-0.4, -0.2) is 27.2 Å². The Morgan fingerprint density at radius 2 is 1.89 bits per heavy atom. The van der Waals surface area contributed by atoms with Crippen LogP contribution in [0.4, 0.5) is 5.69 Å². The zero-order valence-electron chi connectivity index (χ0n) is 15.2. The third-order valence-corrected chi connectivity index (χ3v) is 4.34. The summed E-state index contributed by atoms with van der Waals surface area (Å²) < 4.78 is 8.04. The van der Waals surface area contributed by atoms with Crippen molar-refractivity contribution in [2.75, 3.05) is 12.4 Å².